The van der Waals surface area contributed by atoms with Crippen molar-refractivity contribution in [3.63, 3.8) is 0 Å². The molecule has 0 spiro atoms. The van der Waals surface area contributed by atoms with E-state index in [1.807, 2.05) is 25.1 Å². The van der Waals surface area contributed by atoms with Crippen LogP contribution in [0.3, 0.4) is 0 Å². The van der Waals surface area contributed by atoms with E-state index in [0.29, 0.717) is 21.3 Å². The molecule has 1 aromatic carbocycles. The maximum Gasteiger partial charge on any atom is 0.251 e. The van der Waals surface area contributed by atoms with Crippen molar-refractivity contribution < 1.29 is 4.79 Å². The van der Waals surface area contributed by atoms with E-state index in [0.717, 1.165) is 12.1 Å². The smallest absolute Gasteiger partial charge is 0.251 e. The van der Waals surface area contributed by atoms with Crippen molar-refractivity contribution in [2.24, 2.45) is 5.92 Å². The monoisotopic (exact) mass is 343 g/mol. The second kappa shape index (κ2) is 6.76. The van der Waals surface area contributed by atoms with Crippen LogP contribution in [0.2, 0.25) is 5.02 Å². The van der Waals surface area contributed by atoms with Gasteiger partial charge in [0.2, 0.25) is 0 Å². The van der Waals surface area contributed by atoms with Gasteiger partial charge in [-0.3, -0.25) is 4.79 Å². The lowest BCUT2D eigenvalue weighted by molar-refractivity contribution is 0.0944. The number of carbonyl (C=O) groups excluding carboxylic acids is 1. The Morgan fingerprint density at radius 2 is 2.16 bits per heavy atom. The predicted octanol–water partition coefficient (Wildman–Crippen LogP) is 4.33. The van der Waals surface area contributed by atoms with Gasteiger partial charge in [0.25, 0.3) is 5.91 Å². The maximum atomic E-state index is 12.2. The topological polar surface area (TPSA) is 29.1 Å². The molecule has 0 aromatic heterocycles. The molecule has 0 aliphatic heterocycles. The van der Waals surface area contributed by atoms with Crippen molar-refractivity contribution in [3.8, 4) is 0 Å². The Hall–Kier alpha value is -0.540. The van der Waals surface area contributed by atoms with Gasteiger partial charge < -0.3 is 5.32 Å². The largest absolute Gasteiger partial charge is 0.352 e. The number of hydrogen-bond acceptors (Lipinski definition) is 1. The molecule has 0 saturated heterocycles. The summed E-state index contributed by atoms with van der Waals surface area (Å²) in [5.41, 5.74) is 1.52. The van der Waals surface area contributed by atoms with Gasteiger partial charge in [0.15, 0.2) is 0 Å². The third kappa shape index (κ3) is 3.73. The molecule has 19 heavy (non-hydrogen) atoms. The van der Waals surface area contributed by atoms with E-state index in [2.05, 4.69) is 21.2 Å². The summed E-state index contributed by atoms with van der Waals surface area (Å²) in [6.45, 7) is 2.62. The summed E-state index contributed by atoms with van der Waals surface area (Å²) in [6, 6.07) is 5.45. The van der Waals surface area contributed by atoms with E-state index >= 15 is 0 Å². The van der Waals surface area contributed by atoms with Crippen LogP contribution < -0.4 is 5.32 Å². The normalized spacial score (nSPS) is 23.1. The molecule has 1 aromatic rings. The van der Waals surface area contributed by atoms with Crippen LogP contribution in [-0.4, -0.2) is 17.3 Å². The third-order valence-corrected chi connectivity index (χ3v) is 5.47. The maximum absolute atomic E-state index is 12.2. The zero-order valence-electron chi connectivity index (χ0n) is 11.1. The van der Waals surface area contributed by atoms with Gasteiger partial charge >= 0.3 is 0 Å². The zero-order valence-corrected chi connectivity index (χ0v) is 13.4. The van der Waals surface area contributed by atoms with Crippen LogP contribution in [0.5, 0.6) is 0 Å². The molecule has 2 unspecified atom stereocenters. The Morgan fingerprint density at radius 1 is 1.42 bits per heavy atom. The summed E-state index contributed by atoms with van der Waals surface area (Å²) < 4.78 is 0. The lowest BCUT2D eigenvalue weighted by Crippen LogP contribution is -2.34. The zero-order chi connectivity index (χ0) is 13.8. The van der Waals surface area contributed by atoms with Crippen molar-refractivity contribution in [1.82, 2.24) is 5.32 Å². The lowest BCUT2D eigenvalue weighted by atomic mass is 9.89. The number of nitrogens with one attached hydrogen (secondary N) is 1. The van der Waals surface area contributed by atoms with Crippen LogP contribution in [-0.2, 0) is 0 Å². The summed E-state index contributed by atoms with van der Waals surface area (Å²) >= 11 is 9.76. The molecule has 1 aliphatic rings. The minimum Gasteiger partial charge on any atom is -0.352 e. The Bertz CT molecular complexity index is 463. The summed E-state index contributed by atoms with van der Waals surface area (Å²) in [7, 11) is 0. The third-order valence-electron chi connectivity index (χ3n) is 3.85. The second-order valence-corrected chi connectivity index (χ2v) is 6.77. The summed E-state index contributed by atoms with van der Waals surface area (Å²) in [6.07, 6.45) is 4.94. The molecule has 0 bridgehead atoms. The van der Waals surface area contributed by atoms with Crippen LogP contribution in [0, 0.1) is 12.8 Å². The second-order valence-electron chi connectivity index (χ2n) is 5.18. The van der Waals surface area contributed by atoms with Crippen molar-refractivity contribution in [2.75, 3.05) is 6.54 Å². The van der Waals surface area contributed by atoms with E-state index in [-0.39, 0.29) is 5.91 Å². The van der Waals surface area contributed by atoms with E-state index in [9.17, 15) is 4.79 Å². The Morgan fingerprint density at radius 3 is 2.89 bits per heavy atom. The Kier molecular flexibility index (Phi) is 5.28. The fourth-order valence-electron chi connectivity index (χ4n) is 2.56. The van der Waals surface area contributed by atoms with Crippen molar-refractivity contribution >= 4 is 33.4 Å². The molecule has 0 radical (unpaired) electrons. The van der Waals surface area contributed by atoms with Crippen molar-refractivity contribution in [1.29, 1.82) is 0 Å². The summed E-state index contributed by atoms with van der Waals surface area (Å²) in [4.78, 5) is 12.7. The highest BCUT2D eigenvalue weighted by Crippen LogP contribution is 2.29. The molecule has 1 N–H and O–H groups in total. The molecule has 104 valence electrons. The number of halogens is 2. The highest BCUT2D eigenvalue weighted by atomic mass is 79.9. The minimum atomic E-state index is -0.0229. The Labute approximate surface area is 128 Å². The highest BCUT2D eigenvalue weighted by Gasteiger charge is 2.23. The molecule has 1 fully saturated rings. The van der Waals surface area contributed by atoms with Gasteiger partial charge in [0, 0.05) is 22.0 Å². The molecule has 4 heteroatoms. The predicted molar refractivity (Wildman–Crippen MR) is 83.2 cm³/mol. The first-order valence-electron chi connectivity index (χ1n) is 6.77. The summed E-state index contributed by atoms with van der Waals surface area (Å²) in [5, 5.41) is 3.68. The quantitative estimate of drug-likeness (QED) is 0.812. The number of carbonyl (C=O) groups is 1. The van der Waals surface area contributed by atoms with Gasteiger partial charge in [-0.15, -0.1) is 0 Å². The van der Waals surface area contributed by atoms with Gasteiger partial charge in [0.1, 0.15) is 0 Å². The average Bonchev–Trinajstić information content (AvgIpc) is 2.40. The van der Waals surface area contributed by atoms with Gasteiger partial charge in [0.05, 0.1) is 0 Å². The number of amides is 1. The first kappa shape index (κ1) is 14.9. The van der Waals surface area contributed by atoms with Crippen LogP contribution in [0.25, 0.3) is 0 Å². The Balaban J connectivity index is 1.95. The van der Waals surface area contributed by atoms with Crippen LogP contribution >= 0.6 is 27.5 Å². The lowest BCUT2D eigenvalue weighted by Gasteiger charge is -2.27. The van der Waals surface area contributed by atoms with E-state index in [1.165, 1.54) is 25.7 Å². The molecule has 1 aliphatic carbocycles. The van der Waals surface area contributed by atoms with Gasteiger partial charge in [-0.05, 0) is 43.4 Å². The standard InChI is InChI=1S/C15H19BrClNO/c1-10-12(6-4-8-14(10)17)15(19)18-9-11-5-2-3-7-13(11)16/h4,6,8,11,13H,2-3,5,7,9H2,1H3,(H,18,19). The van der Waals surface area contributed by atoms with Gasteiger partial charge in [-0.2, -0.15) is 0 Å². The van der Waals surface area contributed by atoms with E-state index in [4.69, 9.17) is 11.6 Å². The van der Waals surface area contributed by atoms with E-state index in [1.54, 1.807) is 0 Å². The first-order valence-corrected chi connectivity index (χ1v) is 8.06. The molecule has 0 heterocycles. The summed E-state index contributed by atoms with van der Waals surface area (Å²) in [5.74, 6) is 0.516. The van der Waals surface area contributed by atoms with Crippen molar-refractivity contribution in [3.05, 3.63) is 34.3 Å². The molecular formula is C15H19BrClNO. The fourth-order valence-corrected chi connectivity index (χ4v) is 3.51. The molecule has 1 saturated carbocycles. The number of rotatable bonds is 3. The fraction of sp³-hybridized carbons (Fsp3) is 0.533. The molecule has 2 atom stereocenters. The van der Waals surface area contributed by atoms with Crippen LogP contribution in [0.15, 0.2) is 18.2 Å². The molecular weight excluding hydrogens is 326 g/mol. The van der Waals surface area contributed by atoms with E-state index < -0.39 is 0 Å². The number of alkyl halides is 1. The average molecular weight is 345 g/mol. The SMILES string of the molecule is Cc1c(Cl)cccc1C(=O)NCC1CCCCC1Br. The minimum absolute atomic E-state index is 0.0229. The van der Waals surface area contributed by atoms with Crippen LogP contribution in [0.1, 0.15) is 41.6 Å². The molecule has 2 nitrogen and oxygen atoms in total. The van der Waals surface area contributed by atoms with Crippen molar-refractivity contribution in [2.45, 2.75) is 37.4 Å². The highest BCUT2D eigenvalue weighted by molar-refractivity contribution is 9.09. The number of hydrogen-bond donors (Lipinski definition) is 1. The number of benzene rings is 1. The van der Waals surface area contributed by atoms with Gasteiger partial charge in [-0.25, -0.2) is 0 Å². The van der Waals surface area contributed by atoms with Crippen LogP contribution in [0.4, 0.5) is 0 Å². The first-order chi connectivity index (χ1) is 9.09. The van der Waals surface area contributed by atoms with Gasteiger partial charge in [-0.1, -0.05) is 46.4 Å². The molecule has 1 amide bonds. The molecule has 2 rings (SSSR count).